The van der Waals surface area contributed by atoms with Crippen molar-refractivity contribution >= 4 is 40.0 Å². The maximum Gasteiger partial charge on any atom is 0.238 e. The van der Waals surface area contributed by atoms with E-state index >= 15 is 0 Å². The average Bonchev–Trinajstić information content (AvgIpc) is 2.48. The number of primary sulfonamides is 1. The lowest BCUT2D eigenvalue weighted by molar-refractivity contribution is 0.152. The molecule has 0 atom stereocenters. The Morgan fingerprint density at radius 3 is 2.65 bits per heavy atom. The molecule has 0 aliphatic heterocycles. The van der Waals surface area contributed by atoms with Gasteiger partial charge in [-0.3, -0.25) is 0 Å². The van der Waals surface area contributed by atoms with Crippen molar-refractivity contribution in [2.45, 2.75) is 25.3 Å². The molecule has 0 fully saturated rings. The van der Waals surface area contributed by atoms with Crippen LogP contribution in [-0.4, -0.2) is 40.7 Å². The van der Waals surface area contributed by atoms with Gasteiger partial charge < -0.3 is 15.4 Å². The van der Waals surface area contributed by atoms with Gasteiger partial charge in [0.15, 0.2) is 5.96 Å². The number of halogens is 1. The topological polar surface area (TPSA) is 106 Å². The minimum atomic E-state index is -3.69. The summed E-state index contributed by atoms with van der Waals surface area (Å²) < 4.78 is 27.9. The Bertz CT molecular complexity index is 593. The second-order valence-corrected chi connectivity index (χ2v) is 6.07. The van der Waals surface area contributed by atoms with Gasteiger partial charge in [0.05, 0.1) is 18.0 Å². The first-order valence-electron chi connectivity index (χ1n) is 7.19. The summed E-state index contributed by atoms with van der Waals surface area (Å²) in [5, 5.41) is 11.4. The van der Waals surface area contributed by atoms with Gasteiger partial charge >= 0.3 is 0 Å². The van der Waals surface area contributed by atoms with Crippen LogP contribution in [0.3, 0.4) is 0 Å². The lowest BCUT2D eigenvalue weighted by Gasteiger charge is -2.11. The zero-order chi connectivity index (χ0) is 16.4. The van der Waals surface area contributed by atoms with Crippen molar-refractivity contribution in [2.24, 2.45) is 10.1 Å². The minimum Gasteiger partial charge on any atom is -0.380 e. The molecule has 0 spiro atoms. The van der Waals surface area contributed by atoms with Crippen LogP contribution in [-0.2, 0) is 21.3 Å². The highest BCUT2D eigenvalue weighted by molar-refractivity contribution is 14.0. The molecule has 0 heterocycles. The van der Waals surface area contributed by atoms with Gasteiger partial charge in [-0.2, -0.15) is 0 Å². The van der Waals surface area contributed by atoms with Crippen molar-refractivity contribution in [3.8, 4) is 0 Å². The van der Waals surface area contributed by atoms with Crippen LogP contribution in [0.25, 0.3) is 0 Å². The number of hydrogen-bond acceptors (Lipinski definition) is 4. The molecule has 9 heteroatoms. The number of nitrogens with one attached hydrogen (secondary N) is 2. The maximum atomic E-state index is 11.3. The number of guanidine groups is 1. The van der Waals surface area contributed by atoms with Crippen LogP contribution in [0.5, 0.6) is 0 Å². The monoisotopic (exact) mass is 456 g/mol. The number of rotatable bonds is 8. The van der Waals surface area contributed by atoms with E-state index in [0.717, 1.165) is 12.1 Å². The van der Waals surface area contributed by atoms with Gasteiger partial charge in [-0.1, -0.05) is 12.1 Å². The van der Waals surface area contributed by atoms with Crippen molar-refractivity contribution in [1.82, 2.24) is 10.6 Å². The van der Waals surface area contributed by atoms with Crippen molar-refractivity contribution in [3.63, 3.8) is 0 Å². The third kappa shape index (κ3) is 9.08. The molecule has 0 aliphatic carbocycles. The molecule has 7 nitrogen and oxygen atoms in total. The lowest BCUT2D eigenvalue weighted by Crippen LogP contribution is -2.39. The third-order valence-electron chi connectivity index (χ3n) is 2.73. The van der Waals surface area contributed by atoms with Crippen LogP contribution in [0.4, 0.5) is 0 Å². The summed E-state index contributed by atoms with van der Waals surface area (Å²) >= 11 is 0. The summed E-state index contributed by atoms with van der Waals surface area (Å²) in [4.78, 5) is 4.50. The second kappa shape index (κ2) is 11.6. The van der Waals surface area contributed by atoms with E-state index < -0.39 is 10.0 Å². The maximum absolute atomic E-state index is 11.3. The fraction of sp³-hybridized carbons (Fsp3) is 0.500. The Labute approximate surface area is 155 Å². The smallest absolute Gasteiger partial charge is 0.238 e. The summed E-state index contributed by atoms with van der Waals surface area (Å²) in [5.41, 5.74) is 0.772. The molecule has 4 N–H and O–H groups in total. The summed E-state index contributed by atoms with van der Waals surface area (Å²) in [6.07, 6.45) is 0. The first-order valence-corrected chi connectivity index (χ1v) is 8.73. The third-order valence-corrected chi connectivity index (χ3v) is 3.64. The highest BCUT2D eigenvalue weighted by Crippen LogP contribution is 2.10. The molecule has 0 unspecified atom stereocenters. The fourth-order valence-corrected chi connectivity index (χ4v) is 2.30. The molecule has 0 amide bonds. The molecule has 1 aromatic carbocycles. The molecule has 1 aromatic rings. The van der Waals surface area contributed by atoms with Gasteiger partial charge in [-0.05, 0) is 31.5 Å². The normalized spacial score (nSPS) is 11.7. The lowest BCUT2D eigenvalue weighted by atomic mass is 10.2. The number of aliphatic imine (C=N–C) groups is 1. The van der Waals surface area contributed by atoms with Gasteiger partial charge in [0, 0.05) is 19.7 Å². The van der Waals surface area contributed by atoms with E-state index in [-0.39, 0.29) is 28.9 Å². The van der Waals surface area contributed by atoms with Crippen molar-refractivity contribution in [1.29, 1.82) is 0 Å². The molecule has 0 radical (unpaired) electrons. The fourth-order valence-electron chi connectivity index (χ4n) is 1.72. The van der Waals surface area contributed by atoms with Crippen LogP contribution in [0.2, 0.25) is 0 Å². The number of sulfonamides is 1. The van der Waals surface area contributed by atoms with Crippen LogP contribution in [0, 0.1) is 0 Å². The quantitative estimate of drug-likeness (QED) is 0.235. The van der Waals surface area contributed by atoms with Crippen LogP contribution < -0.4 is 15.8 Å². The van der Waals surface area contributed by atoms with Crippen LogP contribution >= 0.6 is 24.0 Å². The van der Waals surface area contributed by atoms with E-state index in [1.54, 1.807) is 6.07 Å². The first kappa shape index (κ1) is 22.1. The summed E-state index contributed by atoms with van der Waals surface area (Å²) in [6.45, 7) is 6.93. The molecule has 132 valence electrons. The van der Waals surface area contributed by atoms with E-state index in [0.29, 0.717) is 32.3 Å². The van der Waals surface area contributed by atoms with Gasteiger partial charge in [-0.25, -0.2) is 18.5 Å². The molecule has 0 saturated heterocycles. The number of ether oxygens (including phenoxy) is 1. The number of nitrogens with zero attached hydrogens (tertiary/aromatic N) is 1. The zero-order valence-electron chi connectivity index (χ0n) is 13.4. The standard InChI is InChI=1S/C14H24N4O3S.HI/c1-3-16-14(17-8-9-21-4-2)18-11-12-6-5-7-13(10-12)22(15,19)20;/h5-7,10H,3-4,8-9,11H2,1-2H3,(H2,15,19,20)(H2,16,17,18);1H. The Hall–Kier alpha value is -0.910. The molecule has 0 bridgehead atoms. The van der Waals surface area contributed by atoms with E-state index in [4.69, 9.17) is 9.88 Å². The SMILES string of the molecule is CCNC(=NCc1cccc(S(N)(=O)=O)c1)NCCOCC.I. The largest absolute Gasteiger partial charge is 0.380 e. The highest BCUT2D eigenvalue weighted by Gasteiger charge is 2.07. The summed E-state index contributed by atoms with van der Waals surface area (Å²) in [5.74, 6) is 0.656. The predicted octanol–water partition coefficient (Wildman–Crippen LogP) is 1.04. The predicted molar refractivity (Wildman–Crippen MR) is 103 cm³/mol. The Balaban J connectivity index is 0.00000484. The van der Waals surface area contributed by atoms with Crippen LogP contribution in [0.15, 0.2) is 34.2 Å². The number of hydrogen-bond donors (Lipinski definition) is 3. The highest BCUT2D eigenvalue weighted by atomic mass is 127. The van der Waals surface area contributed by atoms with Gasteiger partial charge in [0.25, 0.3) is 0 Å². The second-order valence-electron chi connectivity index (χ2n) is 4.51. The van der Waals surface area contributed by atoms with Gasteiger partial charge in [0.2, 0.25) is 10.0 Å². The molecule has 23 heavy (non-hydrogen) atoms. The van der Waals surface area contributed by atoms with E-state index in [9.17, 15) is 8.42 Å². The molecule has 0 saturated carbocycles. The van der Waals surface area contributed by atoms with Crippen molar-refractivity contribution < 1.29 is 13.2 Å². The Kier molecular flexibility index (Phi) is 11.1. The number of nitrogens with two attached hydrogens (primary N) is 1. The van der Waals surface area contributed by atoms with Crippen molar-refractivity contribution in [3.05, 3.63) is 29.8 Å². The van der Waals surface area contributed by atoms with Gasteiger partial charge in [0.1, 0.15) is 0 Å². The molecule has 1 rings (SSSR count). The van der Waals surface area contributed by atoms with Gasteiger partial charge in [-0.15, -0.1) is 24.0 Å². The Morgan fingerprint density at radius 1 is 1.30 bits per heavy atom. The summed E-state index contributed by atoms with van der Waals surface area (Å²) in [7, 11) is -3.69. The zero-order valence-corrected chi connectivity index (χ0v) is 16.6. The van der Waals surface area contributed by atoms with E-state index in [2.05, 4.69) is 15.6 Å². The Morgan fingerprint density at radius 2 is 2.04 bits per heavy atom. The van der Waals surface area contributed by atoms with Crippen LogP contribution in [0.1, 0.15) is 19.4 Å². The first-order chi connectivity index (χ1) is 10.5. The summed E-state index contributed by atoms with van der Waals surface area (Å²) in [6, 6.07) is 6.46. The van der Waals surface area contributed by atoms with E-state index in [1.165, 1.54) is 12.1 Å². The molecule has 0 aliphatic rings. The number of benzene rings is 1. The minimum absolute atomic E-state index is 0. The molecule has 0 aromatic heterocycles. The van der Waals surface area contributed by atoms with E-state index in [1.807, 2.05) is 19.9 Å². The molecular formula is C14H25IN4O3S. The van der Waals surface area contributed by atoms with Crippen molar-refractivity contribution in [2.75, 3.05) is 26.3 Å². The molecular weight excluding hydrogens is 431 g/mol. The average molecular weight is 456 g/mol.